The van der Waals surface area contributed by atoms with E-state index in [1.165, 1.54) is 83.5 Å². The molecule has 4 heteroatoms. The number of imidazole rings is 1. The third-order valence-electron chi connectivity index (χ3n) is 4.57. The molecular weight excluding hydrogens is 312 g/mol. The summed E-state index contributed by atoms with van der Waals surface area (Å²) >= 11 is 0. The minimum absolute atomic E-state index is 0.000564. The fourth-order valence-electron chi connectivity index (χ4n) is 3.02. The van der Waals surface area contributed by atoms with Gasteiger partial charge in [0.05, 0.1) is 11.9 Å². The number of aromatic carboxylic acids is 1. The van der Waals surface area contributed by atoms with Crippen LogP contribution in [0.5, 0.6) is 0 Å². The van der Waals surface area contributed by atoms with Crippen LogP contribution in [0.25, 0.3) is 6.08 Å². The number of aromatic amines is 1. The largest absolute Gasteiger partial charge is 0.475 e. The molecule has 0 aromatic carbocycles. The van der Waals surface area contributed by atoms with Crippen molar-refractivity contribution in [1.29, 1.82) is 0 Å². The Kier molecular flexibility index (Phi) is 12.7. The normalized spacial score (nSPS) is 11.4. The average molecular weight is 349 g/mol. The maximum atomic E-state index is 10.7. The first kappa shape index (κ1) is 21.5. The zero-order valence-corrected chi connectivity index (χ0v) is 15.9. The van der Waals surface area contributed by atoms with E-state index < -0.39 is 5.97 Å². The summed E-state index contributed by atoms with van der Waals surface area (Å²) in [5, 5.41) is 8.78. The van der Waals surface area contributed by atoms with Gasteiger partial charge in [0.1, 0.15) is 0 Å². The predicted molar refractivity (Wildman–Crippen MR) is 105 cm³/mol. The number of nitrogens with zero attached hydrogens (tertiary/aromatic N) is 1. The number of H-pyrrole nitrogens is 1. The maximum Gasteiger partial charge on any atom is 0.371 e. The highest BCUT2D eigenvalue weighted by molar-refractivity contribution is 5.83. The van der Waals surface area contributed by atoms with E-state index in [0.29, 0.717) is 0 Å². The van der Waals surface area contributed by atoms with Gasteiger partial charge in [0.2, 0.25) is 5.82 Å². The molecule has 0 aliphatic carbocycles. The molecular formula is C21H36N2O2. The van der Waals surface area contributed by atoms with Gasteiger partial charge in [-0.15, -0.1) is 0 Å². The Hall–Kier alpha value is -1.58. The van der Waals surface area contributed by atoms with E-state index in [1.807, 2.05) is 6.08 Å². The van der Waals surface area contributed by atoms with Crippen LogP contribution in [-0.2, 0) is 0 Å². The quantitative estimate of drug-likeness (QED) is 0.331. The lowest BCUT2D eigenvalue weighted by atomic mass is 10.0. The van der Waals surface area contributed by atoms with Crippen molar-refractivity contribution in [2.45, 2.75) is 96.8 Å². The molecule has 1 aromatic rings. The van der Waals surface area contributed by atoms with Crippen molar-refractivity contribution < 1.29 is 9.90 Å². The molecule has 0 spiro atoms. The van der Waals surface area contributed by atoms with Crippen LogP contribution >= 0.6 is 0 Å². The van der Waals surface area contributed by atoms with Crippen LogP contribution in [0.1, 0.15) is 113 Å². The molecule has 2 N–H and O–H groups in total. The molecule has 0 unspecified atom stereocenters. The Bertz CT molecular complexity index is 480. The molecule has 0 saturated carbocycles. The van der Waals surface area contributed by atoms with Crippen molar-refractivity contribution in [3.8, 4) is 0 Å². The van der Waals surface area contributed by atoms with Crippen LogP contribution < -0.4 is 0 Å². The SMILES string of the molecule is CCCCCCCCCCCCCCCC=Cc1cnc(C(=O)O)[nH]1. The second-order valence-electron chi connectivity index (χ2n) is 6.93. The first-order chi connectivity index (χ1) is 12.2. The number of nitrogens with one attached hydrogen (secondary N) is 1. The molecule has 4 nitrogen and oxygen atoms in total. The van der Waals surface area contributed by atoms with E-state index in [1.54, 1.807) is 6.20 Å². The van der Waals surface area contributed by atoms with Crippen LogP contribution in [0.4, 0.5) is 0 Å². The Morgan fingerprint density at radius 2 is 1.48 bits per heavy atom. The van der Waals surface area contributed by atoms with E-state index in [2.05, 4.69) is 23.0 Å². The fourth-order valence-corrected chi connectivity index (χ4v) is 3.02. The lowest BCUT2D eigenvalue weighted by Crippen LogP contribution is -1.98. The van der Waals surface area contributed by atoms with E-state index >= 15 is 0 Å². The van der Waals surface area contributed by atoms with Gasteiger partial charge in [-0.25, -0.2) is 9.78 Å². The zero-order valence-electron chi connectivity index (χ0n) is 15.9. The summed E-state index contributed by atoms with van der Waals surface area (Å²) in [5.74, 6) is -1.02. The highest BCUT2D eigenvalue weighted by Gasteiger charge is 2.05. The summed E-state index contributed by atoms with van der Waals surface area (Å²) in [7, 11) is 0. The van der Waals surface area contributed by atoms with Gasteiger partial charge in [0.25, 0.3) is 0 Å². The molecule has 0 bridgehead atoms. The smallest absolute Gasteiger partial charge is 0.371 e. The van der Waals surface area contributed by atoms with Crippen LogP contribution in [-0.4, -0.2) is 21.0 Å². The molecule has 0 fully saturated rings. The van der Waals surface area contributed by atoms with E-state index in [4.69, 9.17) is 5.11 Å². The number of carboxylic acid groups (broad SMARTS) is 1. The standard InChI is InChI=1S/C21H36N2O2/c1-2-3-4-5-6-7-8-9-10-11-12-13-14-15-16-17-19-18-22-20(23-19)21(24)25/h16-18H,2-15H2,1H3,(H,22,23)(H,24,25). The van der Waals surface area contributed by atoms with Gasteiger partial charge in [-0.05, 0) is 18.9 Å². The molecule has 0 atom stereocenters. The number of hydrogen-bond acceptors (Lipinski definition) is 2. The Morgan fingerprint density at radius 1 is 0.960 bits per heavy atom. The van der Waals surface area contributed by atoms with Gasteiger partial charge in [0.15, 0.2) is 0 Å². The van der Waals surface area contributed by atoms with Crippen LogP contribution in [0.3, 0.4) is 0 Å². The van der Waals surface area contributed by atoms with Gasteiger partial charge in [0, 0.05) is 0 Å². The molecule has 0 aliphatic rings. The summed E-state index contributed by atoms with van der Waals surface area (Å²) in [6.45, 7) is 2.27. The molecule has 1 aromatic heterocycles. The molecule has 0 radical (unpaired) electrons. The minimum atomic E-state index is -1.02. The van der Waals surface area contributed by atoms with Gasteiger partial charge < -0.3 is 10.1 Å². The molecule has 0 saturated heterocycles. The van der Waals surface area contributed by atoms with Gasteiger partial charge in [-0.3, -0.25) is 0 Å². The third kappa shape index (κ3) is 11.6. The summed E-state index contributed by atoms with van der Waals surface area (Å²) < 4.78 is 0. The Balaban J connectivity index is 1.85. The molecule has 1 rings (SSSR count). The van der Waals surface area contributed by atoms with Crippen molar-refractivity contribution >= 4 is 12.0 Å². The number of aromatic nitrogens is 2. The van der Waals surface area contributed by atoms with Gasteiger partial charge in [-0.1, -0.05) is 90.0 Å². The van der Waals surface area contributed by atoms with E-state index in [-0.39, 0.29) is 5.82 Å². The summed E-state index contributed by atoms with van der Waals surface area (Å²) in [6, 6.07) is 0. The lowest BCUT2D eigenvalue weighted by Gasteiger charge is -2.02. The van der Waals surface area contributed by atoms with Crippen molar-refractivity contribution in [2.75, 3.05) is 0 Å². The topological polar surface area (TPSA) is 66.0 Å². The molecule has 1 heterocycles. The molecule has 0 amide bonds. The zero-order chi connectivity index (χ0) is 18.2. The number of carbonyl (C=O) groups is 1. The number of hydrogen-bond donors (Lipinski definition) is 2. The number of carboxylic acids is 1. The third-order valence-corrected chi connectivity index (χ3v) is 4.57. The summed E-state index contributed by atoms with van der Waals surface area (Å²) in [4.78, 5) is 17.3. The average Bonchev–Trinajstić information content (AvgIpc) is 3.07. The first-order valence-electron chi connectivity index (χ1n) is 10.2. The fraction of sp³-hybridized carbons (Fsp3) is 0.714. The second-order valence-corrected chi connectivity index (χ2v) is 6.93. The summed E-state index contributed by atoms with van der Waals surface area (Å²) in [5.41, 5.74) is 0.757. The number of allylic oxidation sites excluding steroid dienone is 1. The maximum absolute atomic E-state index is 10.7. The highest BCUT2D eigenvalue weighted by atomic mass is 16.4. The number of unbranched alkanes of at least 4 members (excludes halogenated alkanes) is 13. The predicted octanol–water partition coefficient (Wildman–Crippen LogP) is 6.60. The van der Waals surface area contributed by atoms with E-state index in [9.17, 15) is 4.79 Å². The minimum Gasteiger partial charge on any atom is -0.475 e. The Morgan fingerprint density at radius 3 is 1.96 bits per heavy atom. The van der Waals surface area contributed by atoms with Crippen LogP contribution in [0.15, 0.2) is 12.3 Å². The molecule has 25 heavy (non-hydrogen) atoms. The second kappa shape index (κ2) is 14.7. The monoisotopic (exact) mass is 348 g/mol. The molecule has 0 aliphatic heterocycles. The highest BCUT2D eigenvalue weighted by Crippen LogP contribution is 2.13. The number of rotatable bonds is 16. The van der Waals surface area contributed by atoms with Gasteiger partial charge in [-0.2, -0.15) is 0 Å². The van der Waals surface area contributed by atoms with Crippen molar-refractivity contribution in [1.82, 2.24) is 9.97 Å². The van der Waals surface area contributed by atoms with Crippen LogP contribution in [0.2, 0.25) is 0 Å². The Labute approximate surface area is 153 Å². The summed E-state index contributed by atoms with van der Waals surface area (Å²) in [6.07, 6.45) is 24.4. The molecule has 142 valence electrons. The van der Waals surface area contributed by atoms with E-state index in [0.717, 1.165) is 12.1 Å². The van der Waals surface area contributed by atoms with Crippen molar-refractivity contribution in [2.24, 2.45) is 0 Å². The van der Waals surface area contributed by atoms with Crippen molar-refractivity contribution in [3.63, 3.8) is 0 Å². The van der Waals surface area contributed by atoms with Crippen LogP contribution in [0, 0.1) is 0 Å². The van der Waals surface area contributed by atoms with Crippen molar-refractivity contribution in [3.05, 3.63) is 23.8 Å². The van der Waals surface area contributed by atoms with Gasteiger partial charge >= 0.3 is 5.97 Å². The lowest BCUT2D eigenvalue weighted by molar-refractivity contribution is 0.0684. The first-order valence-corrected chi connectivity index (χ1v) is 10.2.